The van der Waals surface area contributed by atoms with Gasteiger partial charge in [0.05, 0.1) is 6.10 Å². The Morgan fingerprint density at radius 2 is 1.95 bits per heavy atom. The van der Waals surface area contributed by atoms with Crippen LogP contribution in [-0.4, -0.2) is 48.1 Å². The Labute approximate surface area is 125 Å². The van der Waals surface area contributed by atoms with Crippen LogP contribution in [0.5, 0.6) is 0 Å². The van der Waals surface area contributed by atoms with Crippen LogP contribution in [0.3, 0.4) is 0 Å². The predicted molar refractivity (Wildman–Crippen MR) is 79.8 cm³/mol. The van der Waals surface area contributed by atoms with Gasteiger partial charge in [-0.2, -0.15) is 0 Å². The van der Waals surface area contributed by atoms with Gasteiger partial charge in [0, 0.05) is 32.1 Å². The van der Waals surface area contributed by atoms with Gasteiger partial charge < -0.3 is 15.3 Å². The fourth-order valence-corrected chi connectivity index (χ4v) is 2.50. The molecule has 0 atom stereocenters. The Morgan fingerprint density at radius 1 is 1.29 bits per heavy atom. The second-order valence-electron chi connectivity index (χ2n) is 5.64. The Bertz CT molecular complexity index is 484. The van der Waals surface area contributed by atoms with E-state index in [-0.39, 0.29) is 17.9 Å². The molecule has 0 saturated heterocycles. The first kappa shape index (κ1) is 15.5. The highest BCUT2D eigenvalue weighted by atomic mass is 16.3. The number of nitrogens with one attached hydrogen (secondary N) is 1. The lowest BCUT2D eigenvalue weighted by atomic mass is 9.82. The second kappa shape index (κ2) is 7.22. The summed E-state index contributed by atoms with van der Waals surface area (Å²) in [5.41, 5.74) is 0.599. The van der Waals surface area contributed by atoms with E-state index >= 15 is 0 Å². The molecule has 1 aromatic rings. The van der Waals surface area contributed by atoms with E-state index in [9.17, 15) is 14.7 Å². The van der Waals surface area contributed by atoms with Crippen molar-refractivity contribution in [2.75, 3.05) is 20.1 Å². The Balaban J connectivity index is 1.65. The molecule has 2 rings (SSSR count). The summed E-state index contributed by atoms with van der Waals surface area (Å²) in [7, 11) is 1.77. The van der Waals surface area contributed by atoms with E-state index in [4.69, 9.17) is 0 Å². The molecule has 1 fully saturated rings. The highest BCUT2D eigenvalue weighted by molar-refractivity contribution is 5.94. The molecule has 0 unspecified atom stereocenters. The van der Waals surface area contributed by atoms with Gasteiger partial charge in [0.15, 0.2) is 0 Å². The minimum Gasteiger partial charge on any atom is -0.393 e. The number of hydrogen-bond acceptors (Lipinski definition) is 3. The Kier molecular flexibility index (Phi) is 5.33. The molecule has 0 spiro atoms. The largest absolute Gasteiger partial charge is 0.393 e. The number of benzene rings is 1. The molecule has 1 saturated carbocycles. The van der Waals surface area contributed by atoms with Crippen molar-refractivity contribution in [3.05, 3.63) is 35.9 Å². The van der Waals surface area contributed by atoms with Crippen LogP contribution in [0.1, 0.15) is 29.6 Å². The zero-order valence-corrected chi connectivity index (χ0v) is 12.3. The van der Waals surface area contributed by atoms with Gasteiger partial charge in [0.1, 0.15) is 0 Å². The van der Waals surface area contributed by atoms with Crippen LogP contribution in [-0.2, 0) is 4.79 Å². The summed E-state index contributed by atoms with van der Waals surface area (Å²) >= 11 is 0. The van der Waals surface area contributed by atoms with Gasteiger partial charge in [-0.05, 0) is 30.9 Å². The van der Waals surface area contributed by atoms with E-state index in [1.54, 1.807) is 36.2 Å². The molecule has 5 nitrogen and oxygen atoms in total. The monoisotopic (exact) mass is 290 g/mol. The van der Waals surface area contributed by atoms with E-state index < -0.39 is 0 Å². The first-order valence-corrected chi connectivity index (χ1v) is 7.31. The number of hydrogen-bond donors (Lipinski definition) is 2. The smallest absolute Gasteiger partial charge is 0.251 e. The normalized spacial score (nSPS) is 20.5. The highest BCUT2D eigenvalue weighted by Gasteiger charge is 2.28. The number of carbonyl (C=O) groups is 2. The van der Waals surface area contributed by atoms with Gasteiger partial charge in [-0.25, -0.2) is 0 Å². The van der Waals surface area contributed by atoms with Crippen molar-refractivity contribution in [3.8, 4) is 0 Å². The van der Waals surface area contributed by atoms with Gasteiger partial charge in [-0.15, -0.1) is 0 Å². The van der Waals surface area contributed by atoms with Crippen molar-refractivity contribution in [2.45, 2.75) is 25.4 Å². The van der Waals surface area contributed by atoms with Crippen molar-refractivity contribution in [1.82, 2.24) is 10.2 Å². The number of aliphatic hydroxyl groups is 1. The summed E-state index contributed by atoms with van der Waals surface area (Å²) in [6.45, 7) is 1.02. The molecular weight excluding hydrogens is 268 g/mol. The Hall–Kier alpha value is -1.88. The van der Waals surface area contributed by atoms with E-state index in [0.717, 1.165) is 12.8 Å². The lowest BCUT2D eigenvalue weighted by Crippen LogP contribution is -2.40. The molecule has 2 amide bonds. The maximum absolute atomic E-state index is 11.9. The number of aliphatic hydroxyl groups excluding tert-OH is 1. The van der Waals surface area contributed by atoms with Crippen LogP contribution in [0.15, 0.2) is 30.3 Å². The van der Waals surface area contributed by atoms with E-state index in [0.29, 0.717) is 31.0 Å². The minimum atomic E-state index is -0.191. The fourth-order valence-electron chi connectivity index (χ4n) is 2.50. The highest BCUT2D eigenvalue weighted by Crippen LogP contribution is 2.27. The predicted octanol–water partition coefficient (Wildman–Crippen LogP) is 1.04. The molecule has 0 bridgehead atoms. The van der Waals surface area contributed by atoms with Crippen molar-refractivity contribution in [2.24, 2.45) is 5.92 Å². The molecule has 0 aromatic heterocycles. The summed E-state index contributed by atoms with van der Waals surface area (Å²) < 4.78 is 0. The summed E-state index contributed by atoms with van der Waals surface area (Å²) in [4.78, 5) is 25.4. The maximum atomic E-state index is 11.9. The molecule has 1 aromatic carbocycles. The van der Waals surface area contributed by atoms with Crippen LogP contribution in [0, 0.1) is 5.92 Å². The van der Waals surface area contributed by atoms with Crippen molar-refractivity contribution in [1.29, 1.82) is 0 Å². The molecule has 5 heteroatoms. The van der Waals surface area contributed by atoms with Crippen molar-refractivity contribution < 1.29 is 14.7 Å². The van der Waals surface area contributed by atoms with Gasteiger partial charge in [-0.3, -0.25) is 9.59 Å². The lowest BCUT2D eigenvalue weighted by Gasteiger charge is -2.34. The minimum absolute atomic E-state index is 0.0183. The molecule has 114 valence electrons. The van der Waals surface area contributed by atoms with Crippen LogP contribution >= 0.6 is 0 Å². The number of carbonyl (C=O) groups excluding carboxylic acids is 2. The fraction of sp³-hybridized carbons (Fsp3) is 0.500. The van der Waals surface area contributed by atoms with E-state index in [1.807, 2.05) is 6.07 Å². The average molecular weight is 290 g/mol. The third-order valence-electron chi connectivity index (χ3n) is 3.83. The lowest BCUT2D eigenvalue weighted by molar-refractivity contribution is -0.131. The molecule has 0 aliphatic heterocycles. The SMILES string of the molecule is CN(CC1CC(O)C1)C(=O)CCNC(=O)c1ccccc1. The molecule has 0 radical (unpaired) electrons. The van der Waals surface area contributed by atoms with Crippen molar-refractivity contribution >= 4 is 11.8 Å². The molecule has 1 aliphatic carbocycles. The Morgan fingerprint density at radius 3 is 2.57 bits per heavy atom. The summed E-state index contributed by atoms with van der Waals surface area (Å²) in [6, 6.07) is 8.95. The number of rotatable bonds is 6. The van der Waals surface area contributed by atoms with Gasteiger partial charge in [0.25, 0.3) is 5.91 Å². The van der Waals surface area contributed by atoms with Crippen molar-refractivity contribution in [3.63, 3.8) is 0 Å². The number of amides is 2. The molecule has 2 N–H and O–H groups in total. The van der Waals surface area contributed by atoms with E-state index in [1.165, 1.54) is 0 Å². The molecule has 0 heterocycles. The first-order chi connectivity index (χ1) is 10.1. The molecular formula is C16H22N2O3. The summed E-state index contributed by atoms with van der Waals surface area (Å²) in [5, 5.41) is 12.0. The third-order valence-corrected chi connectivity index (χ3v) is 3.83. The number of nitrogens with zero attached hydrogens (tertiary/aromatic N) is 1. The molecule has 1 aliphatic rings. The van der Waals surface area contributed by atoms with Crippen LogP contribution in [0.2, 0.25) is 0 Å². The molecule has 21 heavy (non-hydrogen) atoms. The van der Waals surface area contributed by atoms with Crippen LogP contribution in [0.4, 0.5) is 0 Å². The zero-order valence-electron chi connectivity index (χ0n) is 12.3. The van der Waals surface area contributed by atoms with Gasteiger partial charge in [-0.1, -0.05) is 18.2 Å². The maximum Gasteiger partial charge on any atom is 0.251 e. The van der Waals surface area contributed by atoms with Gasteiger partial charge in [0.2, 0.25) is 5.91 Å². The van der Waals surface area contributed by atoms with Crippen LogP contribution in [0.25, 0.3) is 0 Å². The summed E-state index contributed by atoms with van der Waals surface area (Å²) in [6.07, 6.45) is 1.67. The standard InChI is InChI=1S/C16H22N2O3/c1-18(11-12-9-14(19)10-12)15(20)7-8-17-16(21)13-5-3-2-4-6-13/h2-6,12,14,19H,7-11H2,1H3,(H,17,21). The zero-order chi connectivity index (χ0) is 15.2. The summed E-state index contributed by atoms with van der Waals surface area (Å²) in [5.74, 6) is 0.269. The quantitative estimate of drug-likeness (QED) is 0.822. The van der Waals surface area contributed by atoms with Crippen LogP contribution < -0.4 is 5.32 Å². The topological polar surface area (TPSA) is 69.6 Å². The van der Waals surface area contributed by atoms with Gasteiger partial charge >= 0.3 is 0 Å². The third kappa shape index (κ3) is 4.56. The second-order valence-corrected chi connectivity index (χ2v) is 5.64. The first-order valence-electron chi connectivity index (χ1n) is 7.31. The average Bonchev–Trinajstić information content (AvgIpc) is 2.46. The van der Waals surface area contributed by atoms with E-state index in [2.05, 4.69) is 5.32 Å².